The lowest BCUT2D eigenvalue weighted by Crippen LogP contribution is -2.49. The van der Waals surface area contributed by atoms with Gasteiger partial charge in [0.25, 0.3) is 0 Å². The Labute approximate surface area is 152 Å². The van der Waals surface area contributed by atoms with Crippen LogP contribution in [0, 0.1) is 0 Å². The first-order valence-electron chi connectivity index (χ1n) is 10.0. The van der Waals surface area contributed by atoms with E-state index >= 15 is 0 Å². The molecule has 0 spiro atoms. The van der Waals surface area contributed by atoms with E-state index in [1.807, 2.05) is 4.68 Å². The zero-order valence-corrected chi connectivity index (χ0v) is 16.0. The van der Waals surface area contributed by atoms with E-state index in [0.717, 1.165) is 24.2 Å². The van der Waals surface area contributed by atoms with E-state index in [2.05, 4.69) is 54.7 Å². The van der Waals surface area contributed by atoms with Crippen molar-refractivity contribution in [3.05, 3.63) is 41.7 Å². The summed E-state index contributed by atoms with van der Waals surface area (Å²) in [5.41, 5.74) is 3.63. The normalized spacial score (nSPS) is 16.9. The average molecular weight is 342 g/mol. The number of aromatic nitrogens is 3. The van der Waals surface area contributed by atoms with Gasteiger partial charge < -0.3 is 4.48 Å². The van der Waals surface area contributed by atoms with Crippen LogP contribution in [0.15, 0.2) is 30.5 Å². The van der Waals surface area contributed by atoms with Gasteiger partial charge in [0.15, 0.2) is 0 Å². The molecule has 1 aliphatic heterocycles. The van der Waals surface area contributed by atoms with Crippen LogP contribution in [-0.4, -0.2) is 46.2 Å². The third-order valence-corrected chi connectivity index (χ3v) is 5.61. The summed E-state index contributed by atoms with van der Waals surface area (Å²) in [4.78, 5) is 0. The Morgan fingerprint density at radius 3 is 2.48 bits per heavy atom. The lowest BCUT2D eigenvalue weighted by Gasteiger charge is -2.37. The fraction of sp³-hybridized carbons (Fsp3) is 0.619. The van der Waals surface area contributed by atoms with Crippen LogP contribution in [0.2, 0.25) is 0 Å². The van der Waals surface area contributed by atoms with Gasteiger partial charge in [0.2, 0.25) is 0 Å². The Morgan fingerprint density at radius 1 is 1.00 bits per heavy atom. The van der Waals surface area contributed by atoms with E-state index in [-0.39, 0.29) is 0 Å². The van der Waals surface area contributed by atoms with Crippen LogP contribution < -0.4 is 0 Å². The fourth-order valence-electron chi connectivity index (χ4n) is 3.81. The fourth-order valence-corrected chi connectivity index (χ4v) is 3.81. The SMILES string of the molecule is CCCCCc1cn(-c2ccc(CC[N+]3(C)CCCCC3)cc2)nn1. The van der Waals surface area contributed by atoms with Crippen molar-refractivity contribution in [2.24, 2.45) is 0 Å². The highest BCUT2D eigenvalue weighted by atomic mass is 15.4. The molecule has 0 N–H and O–H groups in total. The van der Waals surface area contributed by atoms with Crippen molar-refractivity contribution in [3.63, 3.8) is 0 Å². The highest BCUT2D eigenvalue weighted by molar-refractivity contribution is 5.34. The quantitative estimate of drug-likeness (QED) is 0.533. The Kier molecular flexibility index (Phi) is 6.24. The summed E-state index contributed by atoms with van der Waals surface area (Å²) < 4.78 is 3.15. The molecule has 1 saturated heterocycles. The molecule has 4 nitrogen and oxygen atoms in total. The maximum atomic E-state index is 4.30. The zero-order valence-electron chi connectivity index (χ0n) is 16.0. The van der Waals surface area contributed by atoms with Gasteiger partial charge in [-0.3, -0.25) is 0 Å². The summed E-state index contributed by atoms with van der Waals surface area (Å²) in [7, 11) is 2.42. The van der Waals surface area contributed by atoms with Crippen molar-refractivity contribution in [1.82, 2.24) is 15.0 Å². The van der Waals surface area contributed by atoms with E-state index in [0.29, 0.717) is 0 Å². The molecule has 1 fully saturated rings. The van der Waals surface area contributed by atoms with Gasteiger partial charge in [-0.25, -0.2) is 4.68 Å². The summed E-state index contributed by atoms with van der Waals surface area (Å²) >= 11 is 0. The Bertz CT molecular complexity index is 638. The zero-order chi connectivity index (χ0) is 17.5. The molecule has 2 heterocycles. The van der Waals surface area contributed by atoms with Gasteiger partial charge in [-0.05, 0) is 49.8 Å². The van der Waals surface area contributed by atoms with Crippen molar-refractivity contribution in [2.75, 3.05) is 26.7 Å². The molecule has 0 aliphatic carbocycles. The van der Waals surface area contributed by atoms with Crippen LogP contribution in [0.5, 0.6) is 0 Å². The van der Waals surface area contributed by atoms with Crippen molar-refractivity contribution in [1.29, 1.82) is 0 Å². The van der Waals surface area contributed by atoms with Crippen molar-refractivity contribution >= 4 is 0 Å². The minimum atomic E-state index is 1.03. The van der Waals surface area contributed by atoms with E-state index in [1.54, 1.807) is 0 Å². The predicted octanol–water partition coefficient (Wildman–Crippen LogP) is 4.17. The van der Waals surface area contributed by atoms with Gasteiger partial charge in [0.1, 0.15) is 0 Å². The molecular weight excluding hydrogens is 308 g/mol. The Hall–Kier alpha value is -1.68. The Morgan fingerprint density at radius 2 is 1.76 bits per heavy atom. The molecule has 2 aromatic rings. The van der Waals surface area contributed by atoms with Crippen LogP contribution in [-0.2, 0) is 12.8 Å². The molecule has 0 bridgehead atoms. The first kappa shape index (κ1) is 18.1. The second kappa shape index (κ2) is 8.61. The molecular formula is C21H33N4+. The highest BCUT2D eigenvalue weighted by Gasteiger charge is 2.23. The monoisotopic (exact) mass is 341 g/mol. The molecule has 3 rings (SSSR count). The van der Waals surface area contributed by atoms with Gasteiger partial charge in [0.05, 0.1) is 44.3 Å². The lowest BCUT2D eigenvalue weighted by molar-refractivity contribution is -0.913. The summed E-state index contributed by atoms with van der Waals surface area (Å²) in [6, 6.07) is 8.86. The molecule has 0 saturated carbocycles. The van der Waals surface area contributed by atoms with Crippen LogP contribution in [0.4, 0.5) is 0 Å². The predicted molar refractivity (Wildman–Crippen MR) is 103 cm³/mol. The van der Waals surface area contributed by atoms with E-state index in [9.17, 15) is 0 Å². The van der Waals surface area contributed by atoms with Gasteiger partial charge in [0, 0.05) is 6.42 Å². The first-order chi connectivity index (χ1) is 12.2. The summed E-state index contributed by atoms with van der Waals surface area (Å²) in [5, 5.41) is 8.59. The summed E-state index contributed by atoms with van der Waals surface area (Å²) in [6.45, 7) is 6.17. The summed E-state index contributed by atoms with van der Waals surface area (Å²) in [6.07, 6.45) is 12.2. The molecule has 0 unspecified atom stereocenters. The van der Waals surface area contributed by atoms with Crippen molar-refractivity contribution < 1.29 is 4.48 Å². The molecule has 0 radical (unpaired) electrons. The number of likely N-dealkylation sites (tertiary alicyclic amines) is 1. The molecule has 1 aromatic heterocycles. The van der Waals surface area contributed by atoms with E-state index in [1.165, 1.54) is 68.2 Å². The largest absolute Gasteiger partial charge is 0.326 e. The average Bonchev–Trinajstić information content (AvgIpc) is 3.10. The van der Waals surface area contributed by atoms with Gasteiger partial charge >= 0.3 is 0 Å². The number of piperidine rings is 1. The minimum absolute atomic E-state index is 1.03. The number of hydrogen-bond donors (Lipinski definition) is 0. The second-order valence-corrected chi connectivity index (χ2v) is 7.88. The third-order valence-electron chi connectivity index (χ3n) is 5.61. The number of unbranched alkanes of at least 4 members (excludes halogenated alkanes) is 2. The number of benzene rings is 1. The molecule has 1 aromatic carbocycles. The standard InChI is InChI=1S/C21H33N4/c1-3-4-6-9-20-18-24(23-22-20)21-12-10-19(11-13-21)14-17-25(2)15-7-5-8-16-25/h10-13,18H,3-9,14-17H2,1-2H3/q+1. The van der Waals surface area contributed by atoms with Crippen LogP contribution in [0.1, 0.15) is 56.7 Å². The highest BCUT2D eigenvalue weighted by Crippen LogP contribution is 2.18. The first-order valence-corrected chi connectivity index (χ1v) is 10.0. The van der Waals surface area contributed by atoms with Crippen molar-refractivity contribution in [2.45, 2.75) is 58.3 Å². The topological polar surface area (TPSA) is 30.7 Å². The smallest absolute Gasteiger partial charge is 0.0831 e. The molecule has 4 heteroatoms. The number of nitrogens with zero attached hydrogens (tertiary/aromatic N) is 4. The van der Waals surface area contributed by atoms with Crippen LogP contribution >= 0.6 is 0 Å². The summed E-state index contributed by atoms with van der Waals surface area (Å²) in [5.74, 6) is 0. The number of likely N-dealkylation sites (N-methyl/N-ethyl adjacent to an activating group) is 1. The lowest BCUT2D eigenvalue weighted by atomic mass is 10.1. The molecule has 25 heavy (non-hydrogen) atoms. The van der Waals surface area contributed by atoms with Crippen LogP contribution in [0.3, 0.4) is 0 Å². The Balaban J connectivity index is 1.55. The second-order valence-electron chi connectivity index (χ2n) is 7.88. The maximum absolute atomic E-state index is 4.30. The molecule has 136 valence electrons. The number of rotatable bonds is 8. The number of quaternary nitrogens is 1. The van der Waals surface area contributed by atoms with Gasteiger partial charge in [-0.2, -0.15) is 0 Å². The molecule has 1 aliphatic rings. The third kappa shape index (κ3) is 5.15. The van der Waals surface area contributed by atoms with E-state index < -0.39 is 0 Å². The number of hydrogen-bond acceptors (Lipinski definition) is 2. The van der Waals surface area contributed by atoms with Crippen molar-refractivity contribution in [3.8, 4) is 5.69 Å². The minimum Gasteiger partial charge on any atom is -0.326 e. The molecule has 0 atom stereocenters. The van der Waals surface area contributed by atoms with E-state index in [4.69, 9.17) is 0 Å². The molecule has 0 amide bonds. The van der Waals surface area contributed by atoms with Gasteiger partial charge in [-0.15, -0.1) is 5.10 Å². The van der Waals surface area contributed by atoms with Gasteiger partial charge in [-0.1, -0.05) is 37.1 Å². The maximum Gasteiger partial charge on any atom is 0.0831 e. The van der Waals surface area contributed by atoms with Crippen LogP contribution in [0.25, 0.3) is 5.69 Å². The number of aryl methyl sites for hydroxylation is 1.